The Morgan fingerprint density at radius 2 is 1.67 bits per heavy atom. The van der Waals surface area contributed by atoms with Crippen LogP contribution in [0.4, 0.5) is 5.69 Å². The van der Waals surface area contributed by atoms with E-state index in [1.165, 1.54) is 17.3 Å². The summed E-state index contributed by atoms with van der Waals surface area (Å²) in [7, 11) is 0. The number of nitrogens with one attached hydrogen (secondary N) is 1. The summed E-state index contributed by atoms with van der Waals surface area (Å²) < 4.78 is 5.86. The van der Waals surface area contributed by atoms with Crippen LogP contribution >= 0.6 is 11.8 Å². The fourth-order valence-electron chi connectivity index (χ4n) is 3.16. The molecule has 0 atom stereocenters. The number of nitrogens with two attached hydrogens (primary N) is 1. The highest BCUT2D eigenvalue weighted by Gasteiger charge is 2.14. The highest BCUT2D eigenvalue weighted by Crippen LogP contribution is 2.26. The molecule has 0 saturated heterocycles. The van der Waals surface area contributed by atoms with Gasteiger partial charge in [-0.15, -0.1) is 0 Å². The van der Waals surface area contributed by atoms with Gasteiger partial charge in [0, 0.05) is 17.0 Å². The van der Waals surface area contributed by atoms with Crippen LogP contribution in [0, 0.1) is 18.3 Å². The van der Waals surface area contributed by atoms with Crippen LogP contribution in [0.25, 0.3) is 11.3 Å². The zero-order chi connectivity index (χ0) is 23.2. The summed E-state index contributed by atoms with van der Waals surface area (Å²) >= 11 is 1.39. The molecule has 0 bridgehead atoms. The number of hydrogen-bond acceptors (Lipinski definition) is 6. The Morgan fingerprint density at radius 1 is 1.00 bits per heavy atom. The molecule has 6 nitrogen and oxygen atoms in total. The van der Waals surface area contributed by atoms with Crippen molar-refractivity contribution in [1.82, 2.24) is 9.97 Å². The number of benzene rings is 3. The molecule has 0 unspecified atom stereocenters. The van der Waals surface area contributed by atoms with E-state index in [0.717, 1.165) is 11.1 Å². The van der Waals surface area contributed by atoms with E-state index in [2.05, 4.69) is 9.97 Å². The van der Waals surface area contributed by atoms with Crippen LogP contribution in [0.3, 0.4) is 0 Å². The number of aryl methyl sites for hydroxylation is 1. The van der Waals surface area contributed by atoms with Crippen LogP contribution in [0.15, 0.2) is 82.7 Å². The van der Waals surface area contributed by atoms with Crippen molar-refractivity contribution in [2.75, 3.05) is 5.73 Å². The van der Waals surface area contributed by atoms with E-state index in [-0.39, 0.29) is 5.56 Å². The predicted molar refractivity (Wildman–Crippen MR) is 131 cm³/mol. The first kappa shape index (κ1) is 22.2. The molecule has 0 fully saturated rings. The molecule has 0 spiro atoms. The monoisotopic (exact) mass is 454 g/mol. The smallest absolute Gasteiger partial charge is 0.270 e. The molecule has 3 aromatic carbocycles. The maximum absolute atomic E-state index is 12.5. The zero-order valence-electron chi connectivity index (χ0n) is 18.0. The number of ether oxygens (including phenoxy) is 1. The predicted octanol–water partition coefficient (Wildman–Crippen LogP) is 5.07. The van der Waals surface area contributed by atoms with Gasteiger partial charge in [-0.3, -0.25) is 4.79 Å². The lowest BCUT2D eigenvalue weighted by atomic mass is 10.1. The number of H-pyrrole nitrogens is 1. The number of nitrogens with zero attached hydrogens (tertiary/aromatic N) is 2. The van der Waals surface area contributed by atoms with Crippen molar-refractivity contribution < 1.29 is 4.74 Å². The maximum Gasteiger partial charge on any atom is 0.270 e. The molecule has 33 heavy (non-hydrogen) atoms. The van der Waals surface area contributed by atoms with Gasteiger partial charge in [0.05, 0.1) is 5.69 Å². The lowest BCUT2D eigenvalue weighted by molar-refractivity contribution is 0.306. The summed E-state index contributed by atoms with van der Waals surface area (Å²) in [6.07, 6.45) is 0. The number of nitrogen functional groups attached to an aromatic ring is 1. The Labute approximate surface area is 196 Å². The molecule has 0 saturated carbocycles. The van der Waals surface area contributed by atoms with E-state index in [9.17, 15) is 10.1 Å². The Bertz CT molecular complexity index is 1340. The molecular weight excluding hydrogens is 432 g/mol. The van der Waals surface area contributed by atoms with Gasteiger partial charge < -0.3 is 15.5 Å². The molecule has 4 aromatic rings. The fraction of sp³-hybridized carbons (Fsp3) is 0.115. The van der Waals surface area contributed by atoms with Crippen LogP contribution in [0.2, 0.25) is 0 Å². The van der Waals surface area contributed by atoms with E-state index < -0.39 is 5.56 Å². The third-order valence-corrected chi connectivity index (χ3v) is 5.96. The number of thioether (sulfide) groups is 1. The first-order chi connectivity index (χ1) is 16.0. The second-order valence-corrected chi connectivity index (χ2v) is 8.50. The van der Waals surface area contributed by atoms with Crippen LogP contribution in [0.1, 0.15) is 22.3 Å². The number of rotatable bonds is 7. The van der Waals surface area contributed by atoms with Gasteiger partial charge in [-0.1, -0.05) is 53.7 Å². The van der Waals surface area contributed by atoms with Gasteiger partial charge in [0.25, 0.3) is 5.56 Å². The van der Waals surface area contributed by atoms with Crippen LogP contribution in [-0.4, -0.2) is 9.97 Å². The van der Waals surface area contributed by atoms with Crippen molar-refractivity contribution in [3.8, 4) is 23.1 Å². The molecule has 3 N–H and O–H groups in total. The Balaban J connectivity index is 1.51. The van der Waals surface area contributed by atoms with E-state index in [0.29, 0.717) is 40.2 Å². The molecule has 164 valence electrons. The van der Waals surface area contributed by atoms with Gasteiger partial charge in [0.1, 0.15) is 24.0 Å². The third-order valence-electron chi connectivity index (χ3n) is 5.02. The minimum Gasteiger partial charge on any atom is -0.489 e. The van der Waals surface area contributed by atoms with Crippen LogP contribution in [0.5, 0.6) is 5.75 Å². The lowest BCUT2D eigenvalue weighted by Crippen LogP contribution is -2.14. The SMILES string of the molecule is Cc1ccc(COc2ccc(-c3nc(SCc4ccc(N)cc4)[nH]c(=O)c3C#N)cc2)cc1. The minimum absolute atomic E-state index is 0.0137. The largest absolute Gasteiger partial charge is 0.489 e. The summed E-state index contributed by atoms with van der Waals surface area (Å²) in [5, 5.41) is 9.97. The van der Waals surface area contributed by atoms with Crippen molar-refractivity contribution in [3.05, 3.63) is 105 Å². The van der Waals surface area contributed by atoms with E-state index in [4.69, 9.17) is 10.5 Å². The average Bonchev–Trinajstić information content (AvgIpc) is 2.83. The molecule has 1 heterocycles. The summed E-state index contributed by atoms with van der Waals surface area (Å²) in [6.45, 7) is 2.50. The number of anilines is 1. The van der Waals surface area contributed by atoms with Crippen molar-refractivity contribution in [3.63, 3.8) is 0 Å². The molecule has 0 aliphatic rings. The first-order valence-corrected chi connectivity index (χ1v) is 11.3. The Morgan fingerprint density at radius 3 is 2.33 bits per heavy atom. The summed E-state index contributed by atoms with van der Waals surface area (Å²) in [6, 6.07) is 24.9. The number of aromatic amines is 1. The van der Waals surface area contributed by atoms with Crippen molar-refractivity contribution in [2.24, 2.45) is 0 Å². The second kappa shape index (κ2) is 10.1. The molecule has 0 aliphatic carbocycles. The lowest BCUT2D eigenvalue weighted by Gasteiger charge is -2.09. The molecule has 0 amide bonds. The van der Waals surface area contributed by atoms with Gasteiger partial charge in [-0.2, -0.15) is 5.26 Å². The molecule has 1 aromatic heterocycles. The van der Waals surface area contributed by atoms with Crippen molar-refractivity contribution in [2.45, 2.75) is 24.4 Å². The molecule has 7 heteroatoms. The number of hydrogen-bond donors (Lipinski definition) is 2. The van der Waals surface area contributed by atoms with Gasteiger partial charge in [-0.05, 0) is 54.4 Å². The second-order valence-electron chi connectivity index (χ2n) is 7.54. The van der Waals surface area contributed by atoms with Crippen LogP contribution < -0.4 is 16.0 Å². The number of aromatic nitrogens is 2. The van der Waals surface area contributed by atoms with E-state index >= 15 is 0 Å². The Kier molecular flexibility index (Phi) is 6.77. The van der Waals surface area contributed by atoms with Gasteiger partial charge in [0.15, 0.2) is 5.16 Å². The fourth-order valence-corrected chi connectivity index (χ4v) is 3.98. The Hall–Kier alpha value is -4.02. The molecule has 0 aliphatic heterocycles. The topological polar surface area (TPSA) is 105 Å². The summed E-state index contributed by atoms with van der Waals surface area (Å²) in [5.74, 6) is 1.31. The molecular formula is C26H22N4O2S. The van der Waals surface area contributed by atoms with Gasteiger partial charge >= 0.3 is 0 Å². The quantitative estimate of drug-likeness (QED) is 0.229. The number of nitriles is 1. The minimum atomic E-state index is -0.456. The summed E-state index contributed by atoms with van der Waals surface area (Å²) in [5.41, 5.74) is 10.3. The average molecular weight is 455 g/mol. The highest BCUT2D eigenvalue weighted by molar-refractivity contribution is 7.98. The first-order valence-electron chi connectivity index (χ1n) is 10.3. The van der Waals surface area contributed by atoms with Gasteiger partial charge in [-0.25, -0.2) is 4.98 Å². The molecule has 4 rings (SSSR count). The maximum atomic E-state index is 12.5. The highest BCUT2D eigenvalue weighted by atomic mass is 32.2. The summed E-state index contributed by atoms with van der Waals surface area (Å²) in [4.78, 5) is 19.8. The third kappa shape index (κ3) is 5.62. The van der Waals surface area contributed by atoms with Crippen molar-refractivity contribution >= 4 is 17.4 Å². The van der Waals surface area contributed by atoms with E-state index in [1.54, 1.807) is 0 Å². The van der Waals surface area contributed by atoms with Crippen LogP contribution in [-0.2, 0) is 12.4 Å². The zero-order valence-corrected chi connectivity index (χ0v) is 18.9. The van der Waals surface area contributed by atoms with Gasteiger partial charge in [0.2, 0.25) is 0 Å². The van der Waals surface area contributed by atoms with E-state index in [1.807, 2.05) is 85.8 Å². The normalized spacial score (nSPS) is 10.5. The van der Waals surface area contributed by atoms with Crippen molar-refractivity contribution in [1.29, 1.82) is 5.26 Å². The standard InChI is InChI=1S/C26H22N4O2S/c1-17-2-4-18(5-3-17)15-32-22-12-8-20(9-13-22)24-23(14-27)25(31)30-26(29-24)33-16-19-6-10-21(28)11-7-19/h2-13H,15-16,28H2,1H3,(H,29,30,31). The molecule has 0 radical (unpaired) electrons.